The summed E-state index contributed by atoms with van der Waals surface area (Å²) in [7, 11) is 0. The molecule has 2 atom stereocenters. The van der Waals surface area contributed by atoms with Crippen molar-refractivity contribution in [3.8, 4) is 5.75 Å². The van der Waals surface area contributed by atoms with Gasteiger partial charge in [0.15, 0.2) is 0 Å². The molecule has 1 aliphatic heterocycles. The van der Waals surface area contributed by atoms with Crippen molar-refractivity contribution in [1.29, 1.82) is 0 Å². The van der Waals surface area contributed by atoms with Crippen LogP contribution in [0.2, 0.25) is 0 Å². The molecule has 2 aliphatic rings. The second-order valence-corrected chi connectivity index (χ2v) is 6.16. The van der Waals surface area contributed by atoms with Crippen molar-refractivity contribution in [3.63, 3.8) is 0 Å². The van der Waals surface area contributed by atoms with Crippen molar-refractivity contribution < 1.29 is 18.7 Å². The largest absolute Gasteiger partial charge is 0.485 e. The Morgan fingerprint density at radius 3 is 3.00 bits per heavy atom. The number of esters is 1. The smallest absolute Gasteiger partial charge is 0.346 e. The highest BCUT2D eigenvalue weighted by molar-refractivity contribution is 5.66. The molecular formula is C18H20O5. The number of carbonyl (C=O) groups excluding carboxylic acids is 1. The summed E-state index contributed by atoms with van der Waals surface area (Å²) in [6.07, 6.45) is 4.38. The lowest BCUT2D eigenvalue weighted by Crippen LogP contribution is -2.32. The molecule has 5 nitrogen and oxygen atoms in total. The normalized spacial score (nSPS) is 22.3. The van der Waals surface area contributed by atoms with Crippen LogP contribution in [0, 0.1) is 12.8 Å². The Labute approximate surface area is 134 Å². The van der Waals surface area contributed by atoms with Gasteiger partial charge < -0.3 is 13.9 Å². The summed E-state index contributed by atoms with van der Waals surface area (Å²) in [5, 5.41) is 0. The number of hydrogen-bond donors (Lipinski definition) is 0. The van der Waals surface area contributed by atoms with E-state index in [1.54, 1.807) is 13.0 Å². The van der Waals surface area contributed by atoms with Gasteiger partial charge in [0.05, 0.1) is 0 Å². The summed E-state index contributed by atoms with van der Waals surface area (Å²) < 4.78 is 16.2. The van der Waals surface area contributed by atoms with Crippen molar-refractivity contribution in [2.45, 2.75) is 39.2 Å². The van der Waals surface area contributed by atoms with E-state index in [9.17, 15) is 9.59 Å². The first-order chi connectivity index (χ1) is 10.9. The van der Waals surface area contributed by atoms with E-state index in [0.717, 1.165) is 30.4 Å². The van der Waals surface area contributed by atoms with E-state index in [2.05, 4.69) is 6.58 Å². The van der Waals surface area contributed by atoms with Gasteiger partial charge in [-0.2, -0.15) is 0 Å². The number of ether oxygens (including phenoxy) is 2. The number of carbonyl (C=O) groups is 1. The average molecular weight is 316 g/mol. The van der Waals surface area contributed by atoms with E-state index in [0.29, 0.717) is 17.1 Å². The van der Waals surface area contributed by atoms with Gasteiger partial charge in [-0.15, -0.1) is 0 Å². The van der Waals surface area contributed by atoms with Gasteiger partial charge >= 0.3 is 11.6 Å². The third kappa shape index (κ3) is 3.23. The van der Waals surface area contributed by atoms with Crippen molar-refractivity contribution in [2.75, 3.05) is 6.61 Å². The van der Waals surface area contributed by atoms with Gasteiger partial charge in [0.1, 0.15) is 29.8 Å². The zero-order chi connectivity index (χ0) is 16.6. The third-order valence-corrected chi connectivity index (χ3v) is 4.40. The minimum absolute atomic E-state index is 0.0588. The van der Waals surface area contributed by atoms with Gasteiger partial charge in [-0.25, -0.2) is 4.79 Å². The summed E-state index contributed by atoms with van der Waals surface area (Å²) >= 11 is 0. The van der Waals surface area contributed by atoms with Crippen molar-refractivity contribution in [2.24, 2.45) is 5.92 Å². The first kappa shape index (κ1) is 15.6. The lowest BCUT2D eigenvalue weighted by molar-refractivity contribution is -0.140. The van der Waals surface area contributed by atoms with E-state index >= 15 is 0 Å². The van der Waals surface area contributed by atoms with Crippen LogP contribution in [0.4, 0.5) is 0 Å². The van der Waals surface area contributed by atoms with Crippen LogP contribution in [-0.2, 0) is 9.53 Å². The molecule has 0 amide bonds. The molecule has 0 saturated heterocycles. The van der Waals surface area contributed by atoms with Crippen molar-refractivity contribution in [3.05, 3.63) is 45.5 Å². The fourth-order valence-electron chi connectivity index (χ4n) is 3.16. The molecule has 5 heteroatoms. The first-order valence-electron chi connectivity index (χ1n) is 7.77. The highest BCUT2D eigenvalue weighted by Crippen LogP contribution is 2.39. The van der Waals surface area contributed by atoms with Crippen LogP contribution in [0.25, 0.3) is 6.08 Å². The quantitative estimate of drug-likeness (QED) is 0.633. The molecule has 0 spiro atoms. The predicted octanol–water partition coefficient (Wildman–Crippen LogP) is 3.01. The average Bonchev–Trinajstić information content (AvgIpc) is 2.50. The zero-order valence-electron chi connectivity index (χ0n) is 13.4. The Morgan fingerprint density at radius 2 is 2.26 bits per heavy atom. The highest BCUT2D eigenvalue weighted by atomic mass is 16.5. The number of rotatable bonds is 3. The van der Waals surface area contributed by atoms with Gasteiger partial charge in [-0.1, -0.05) is 6.58 Å². The molecule has 1 aromatic heterocycles. The maximum Gasteiger partial charge on any atom is 0.346 e. The van der Waals surface area contributed by atoms with Crippen LogP contribution in [-0.4, -0.2) is 18.7 Å². The summed E-state index contributed by atoms with van der Waals surface area (Å²) in [6.45, 7) is 7.42. The summed E-state index contributed by atoms with van der Waals surface area (Å²) in [5.41, 5.74) is 2.17. The summed E-state index contributed by atoms with van der Waals surface area (Å²) in [5.74, 6) is 1.07. The van der Waals surface area contributed by atoms with Gasteiger partial charge in [-0.05, 0) is 49.3 Å². The molecular weight excluding hydrogens is 296 g/mol. The molecule has 122 valence electrons. The Kier molecular flexibility index (Phi) is 4.11. The number of fused-ring (bicyclic) bond motifs is 2. The topological polar surface area (TPSA) is 65.7 Å². The van der Waals surface area contributed by atoms with Crippen LogP contribution < -0.4 is 10.4 Å². The SMILES string of the molecule is C=C(COC(C)=O)[C@H]1CCC2=Cc3c(cc(C)oc3=O)O[C@H]2C1. The molecule has 3 rings (SSSR count). The fourth-order valence-corrected chi connectivity index (χ4v) is 3.16. The highest BCUT2D eigenvalue weighted by Gasteiger charge is 2.33. The predicted molar refractivity (Wildman–Crippen MR) is 85.2 cm³/mol. The Hall–Kier alpha value is -2.30. The Balaban J connectivity index is 1.76. The lowest BCUT2D eigenvalue weighted by Gasteiger charge is -2.35. The molecule has 0 radical (unpaired) electrons. The minimum Gasteiger partial charge on any atom is -0.485 e. The van der Waals surface area contributed by atoms with Gasteiger partial charge in [0.25, 0.3) is 0 Å². The maximum absolute atomic E-state index is 11.9. The summed E-state index contributed by atoms with van der Waals surface area (Å²) in [6, 6.07) is 1.75. The monoisotopic (exact) mass is 316 g/mol. The van der Waals surface area contributed by atoms with Gasteiger partial charge in [-0.3, -0.25) is 4.79 Å². The van der Waals surface area contributed by atoms with Gasteiger partial charge in [0, 0.05) is 13.0 Å². The first-order valence-corrected chi connectivity index (χ1v) is 7.77. The zero-order valence-corrected chi connectivity index (χ0v) is 13.4. The van der Waals surface area contributed by atoms with E-state index < -0.39 is 0 Å². The van der Waals surface area contributed by atoms with Crippen molar-refractivity contribution in [1.82, 2.24) is 0 Å². The molecule has 0 aromatic carbocycles. The Morgan fingerprint density at radius 1 is 1.48 bits per heavy atom. The third-order valence-electron chi connectivity index (χ3n) is 4.40. The van der Waals surface area contributed by atoms with E-state index in [1.165, 1.54) is 6.92 Å². The standard InChI is InChI=1S/C18H20O5/c1-10(9-21-12(3)19)13-4-5-14-7-15-17(23-16(14)8-13)6-11(2)22-18(15)20/h6-7,13,16H,1,4-5,8-9H2,2-3H3/t13-,16-/m0/s1. The molecule has 1 aliphatic carbocycles. The van der Waals surface area contributed by atoms with Crippen LogP contribution in [0.3, 0.4) is 0 Å². The van der Waals surface area contributed by atoms with Crippen LogP contribution in [0.1, 0.15) is 37.5 Å². The second-order valence-electron chi connectivity index (χ2n) is 6.16. The van der Waals surface area contributed by atoms with E-state index in [4.69, 9.17) is 13.9 Å². The van der Waals surface area contributed by atoms with E-state index in [1.807, 2.05) is 6.08 Å². The van der Waals surface area contributed by atoms with Crippen LogP contribution >= 0.6 is 0 Å². The fraction of sp³-hybridized carbons (Fsp3) is 0.444. The number of aryl methyl sites for hydroxylation is 1. The minimum atomic E-state index is -0.354. The number of hydrogen-bond acceptors (Lipinski definition) is 5. The molecule has 1 saturated carbocycles. The summed E-state index contributed by atoms with van der Waals surface area (Å²) in [4.78, 5) is 22.9. The van der Waals surface area contributed by atoms with Crippen LogP contribution in [0.5, 0.6) is 5.75 Å². The molecule has 1 aromatic rings. The maximum atomic E-state index is 11.9. The molecule has 1 fully saturated rings. The molecule has 2 heterocycles. The molecule has 0 N–H and O–H groups in total. The molecule has 0 unspecified atom stereocenters. The van der Waals surface area contributed by atoms with E-state index in [-0.39, 0.29) is 30.2 Å². The molecule has 23 heavy (non-hydrogen) atoms. The Bertz CT molecular complexity index is 740. The van der Waals surface area contributed by atoms with Crippen molar-refractivity contribution >= 4 is 12.0 Å². The van der Waals surface area contributed by atoms with Crippen LogP contribution in [0.15, 0.2) is 33.0 Å². The second kappa shape index (κ2) is 6.07. The van der Waals surface area contributed by atoms with Gasteiger partial charge in [0.2, 0.25) is 0 Å². The lowest BCUT2D eigenvalue weighted by atomic mass is 9.79. The molecule has 0 bridgehead atoms.